The largest absolute Gasteiger partial charge is 0.372 e. The summed E-state index contributed by atoms with van der Waals surface area (Å²) in [4.78, 5) is 32.0. The Labute approximate surface area is 171 Å². The van der Waals surface area contributed by atoms with Gasteiger partial charge in [0.1, 0.15) is 0 Å². The number of hydrogen-bond donors (Lipinski definition) is 2. The molecule has 7 nitrogen and oxygen atoms in total. The van der Waals surface area contributed by atoms with Crippen LogP contribution < -0.4 is 15.5 Å². The van der Waals surface area contributed by atoms with E-state index in [1.807, 2.05) is 28.8 Å². The van der Waals surface area contributed by atoms with Crippen LogP contribution in [0.2, 0.25) is 0 Å². The second-order valence-electron chi connectivity index (χ2n) is 7.01. The molecular formula is C22H29N5O2. The van der Waals surface area contributed by atoms with Gasteiger partial charge in [0.05, 0.1) is 5.69 Å². The maximum absolute atomic E-state index is 12.9. The maximum atomic E-state index is 12.9. The Morgan fingerprint density at radius 1 is 1.17 bits per heavy atom. The smallest absolute Gasteiger partial charge is 0.287 e. The molecule has 0 atom stereocenters. The number of carbonyl (C=O) groups is 2. The number of imidazole rings is 1. The van der Waals surface area contributed by atoms with Crippen molar-refractivity contribution in [2.24, 2.45) is 0 Å². The molecule has 0 unspecified atom stereocenters. The highest BCUT2D eigenvalue weighted by Gasteiger charge is 2.27. The molecule has 2 heterocycles. The van der Waals surface area contributed by atoms with E-state index in [2.05, 4.69) is 40.9 Å². The Bertz CT molecular complexity index is 881. The Balaban J connectivity index is 1.81. The van der Waals surface area contributed by atoms with Crippen LogP contribution in [0.3, 0.4) is 0 Å². The highest BCUT2D eigenvalue weighted by Crippen LogP contribution is 2.23. The molecule has 0 saturated carbocycles. The van der Waals surface area contributed by atoms with E-state index < -0.39 is 0 Å². The molecule has 3 rings (SSSR count). The van der Waals surface area contributed by atoms with Crippen LogP contribution in [0.25, 0.3) is 0 Å². The lowest BCUT2D eigenvalue weighted by Gasteiger charge is -2.21. The lowest BCUT2D eigenvalue weighted by atomic mass is 10.1. The van der Waals surface area contributed by atoms with Gasteiger partial charge >= 0.3 is 0 Å². The van der Waals surface area contributed by atoms with Crippen molar-refractivity contribution < 1.29 is 9.59 Å². The lowest BCUT2D eigenvalue weighted by Crippen LogP contribution is -2.28. The molecule has 0 spiro atoms. The molecule has 2 aromatic rings. The second kappa shape index (κ2) is 9.41. The minimum absolute atomic E-state index is 0.282. The number of anilines is 2. The van der Waals surface area contributed by atoms with E-state index >= 15 is 0 Å². The molecular weight excluding hydrogens is 366 g/mol. The molecule has 0 radical (unpaired) electrons. The van der Waals surface area contributed by atoms with Gasteiger partial charge in [-0.25, -0.2) is 4.98 Å². The molecule has 29 heavy (non-hydrogen) atoms. The Morgan fingerprint density at radius 3 is 2.55 bits per heavy atom. The Morgan fingerprint density at radius 2 is 1.90 bits per heavy atom. The van der Waals surface area contributed by atoms with Gasteiger partial charge in [-0.05, 0) is 57.4 Å². The first-order valence-electron chi connectivity index (χ1n) is 10.2. The van der Waals surface area contributed by atoms with E-state index in [9.17, 15) is 9.59 Å². The maximum Gasteiger partial charge on any atom is 0.287 e. The minimum Gasteiger partial charge on any atom is -0.372 e. The molecule has 2 N–H and O–H groups in total. The number of benzene rings is 1. The molecule has 1 aromatic heterocycles. The summed E-state index contributed by atoms with van der Waals surface area (Å²) in [6.07, 6.45) is 4.32. The topological polar surface area (TPSA) is 79.3 Å². The van der Waals surface area contributed by atoms with Crippen molar-refractivity contribution in [2.75, 3.05) is 29.9 Å². The van der Waals surface area contributed by atoms with Gasteiger partial charge in [-0.1, -0.05) is 6.08 Å². The SMILES string of the molecule is C=CCNC(=O)c1nc(C(=O)Nc2ccc(N(CC)CC)cc2)c2n1CCCC2. The zero-order valence-corrected chi connectivity index (χ0v) is 17.2. The molecule has 0 aliphatic carbocycles. The van der Waals surface area contributed by atoms with Crippen molar-refractivity contribution in [2.45, 2.75) is 39.7 Å². The third kappa shape index (κ3) is 4.50. The van der Waals surface area contributed by atoms with Crippen LogP contribution in [0.4, 0.5) is 11.4 Å². The van der Waals surface area contributed by atoms with E-state index in [0.29, 0.717) is 30.3 Å². The van der Waals surface area contributed by atoms with Crippen molar-refractivity contribution >= 4 is 23.2 Å². The number of fused-ring (bicyclic) bond motifs is 1. The summed E-state index contributed by atoms with van der Waals surface area (Å²) >= 11 is 0. The van der Waals surface area contributed by atoms with Gasteiger partial charge < -0.3 is 20.1 Å². The highest BCUT2D eigenvalue weighted by molar-refractivity contribution is 6.05. The summed E-state index contributed by atoms with van der Waals surface area (Å²) in [6, 6.07) is 7.79. The number of hydrogen-bond acceptors (Lipinski definition) is 4. The summed E-state index contributed by atoms with van der Waals surface area (Å²) in [7, 11) is 0. The quantitative estimate of drug-likeness (QED) is 0.673. The molecule has 1 aliphatic rings. The van der Waals surface area contributed by atoms with E-state index in [1.54, 1.807) is 6.08 Å². The van der Waals surface area contributed by atoms with Crippen LogP contribution in [-0.4, -0.2) is 41.0 Å². The third-order valence-corrected chi connectivity index (χ3v) is 5.20. The molecule has 0 saturated heterocycles. The van der Waals surface area contributed by atoms with Crippen molar-refractivity contribution in [1.82, 2.24) is 14.9 Å². The minimum atomic E-state index is -0.283. The van der Waals surface area contributed by atoms with Gasteiger partial charge in [0.2, 0.25) is 0 Å². The van der Waals surface area contributed by atoms with Crippen LogP contribution in [0.15, 0.2) is 36.9 Å². The summed E-state index contributed by atoms with van der Waals surface area (Å²) in [6.45, 7) is 10.8. The van der Waals surface area contributed by atoms with Gasteiger partial charge in [-0.3, -0.25) is 9.59 Å². The molecule has 1 aliphatic heterocycles. The predicted molar refractivity (Wildman–Crippen MR) is 116 cm³/mol. The molecule has 0 bridgehead atoms. The predicted octanol–water partition coefficient (Wildman–Crippen LogP) is 3.23. The molecule has 154 valence electrons. The number of aromatic nitrogens is 2. The van der Waals surface area contributed by atoms with Crippen LogP contribution in [-0.2, 0) is 13.0 Å². The number of nitrogens with one attached hydrogen (secondary N) is 2. The Hall–Kier alpha value is -3.09. The fourth-order valence-electron chi connectivity index (χ4n) is 3.68. The lowest BCUT2D eigenvalue weighted by molar-refractivity contribution is 0.0942. The number of carbonyl (C=O) groups excluding carboxylic acids is 2. The van der Waals surface area contributed by atoms with Crippen LogP contribution in [0.5, 0.6) is 0 Å². The van der Waals surface area contributed by atoms with E-state index in [1.165, 1.54) is 0 Å². The molecule has 1 aromatic carbocycles. The summed E-state index contributed by atoms with van der Waals surface area (Å²) in [5.74, 6) is -0.270. The average molecular weight is 396 g/mol. The van der Waals surface area contributed by atoms with Crippen molar-refractivity contribution in [1.29, 1.82) is 0 Å². The van der Waals surface area contributed by atoms with Crippen LogP contribution >= 0.6 is 0 Å². The third-order valence-electron chi connectivity index (χ3n) is 5.20. The van der Waals surface area contributed by atoms with Crippen LogP contribution in [0.1, 0.15) is 53.5 Å². The molecule has 0 fully saturated rings. The summed E-state index contributed by atoms with van der Waals surface area (Å²) in [5, 5.41) is 5.68. The zero-order valence-electron chi connectivity index (χ0n) is 17.2. The normalized spacial score (nSPS) is 12.8. The van der Waals surface area contributed by atoms with Gasteiger partial charge in [0.25, 0.3) is 11.8 Å². The van der Waals surface area contributed by atoms with E-state index in [4.69, 9.17) is 0 Å². The second-order valence-corrected chi connectivity index (χ2v) is 7.01. The summed E-state index contributed by atoms with van der Waals surface area (Å²) < 4.78 is 1.88. The van der Waals surface area contributed by atoms with E-state index in [0.717, 1.165) is 43.7 Å². The fourth-order valence-corrected chi connectivity index (χ4v) is 3.68. The first kappa shape index (κ1) is 20.6. The monoisotopic (exact) mass is 395 g/mol. The van der Waals surface area contributed by atoms with Gasteiger partial charge in [0.15, 0.2) is 11.5 Å². The van der Waals surface area contributed by atoms with Gasteiger partial charge in [0, 0.05) is 37.6 Å². The first-order chi connectivity index (χ1) is 14.1. The van der Waals surface area contributed by atoms with Gasteiger partial charge in [-0.2, -0.15) is 0 Å². The zero-order chi connectivity index (χ0) is 20.8. The first-order valence-corrected chi connectivity index (χ1v) is 10.2. The van der Waals surface area contributed by atoms with Crippen molar-refractivity contribution in [3.63, 3.8) is 0 Å². The number of nitrogens with zero attached hydrogens (tertiary/aromatic N) is 3. The fraction of sp³-hybridized carbons (Fsp3) is 0.409. The number of rotatable bonds is 8. The summed E-state index contributed by atoms with van der Waals surface area (Å²) in [5.41, 5.74) is 2.99. The molecule has 2 amide bonds. The van der Waals surface area contributed by atoms with Crippen LogP contribution in [0, 0.1) is 0 Å². The van der Waals surface area contributed by atoms with E-state index in [-0.39, 0.29) is 11.8 Å². The average Bonchev–Trinajstić information content (AvgIpc) is 3.14. The number of amides is 2. The van der Waals surface area contributed by atoms with Gasteiger partial charge in [-0.15, -0.1) is 6.58 Å². The highest BCUT2D eigenvalue weighted by atomic mass is 16.2. The van der Waals surface area contributed by atoms with Crippen molar-refractivity contribution in [3.8, 4) is 0 Å². The Kier molecular flexibility index (Phi) is 6.69. The molecule has 7 heteroatoms. The van der Waals surface area contributed by atoms with Crippen molar-refractivity contribution in [3.05, 3.63) is 54.1 Å². The standard InChI is InChI=1S/C22H29N5O2/c1-4-14-23-22(29)20-25-19(18-9-7-8-15-27(18)20)21(28)24-16-10-12-17(13-11-16)26(5-2)6-3/h4,10-13H,1,5-9,14-15H2,2-3H3,(H,23,29)(H,24,28).